The molecule has 0 unspecified atom stereocenters. The Labute approximate surface area is 60.5 Å². The molecule has 1 N–H and O–H groups in total. The molecule has 3 heteroatoms. The molecule has 1 aliphatic heterocycles. The maximum atomic E-state index is 5.25. The fraction of sp³-hybridized carbons (Fsp3) is 0.286. The third kappa shape index (κ3) is 0.795. The predicted molar refractivity (Wildman–Crippen MR) is 40.3 cm³/mol. The smallest absolute Gasteiger partial charge is 0.237 e. The van der Waals surface area contributed by atoms with Gasteiger partial charge in [-0.25, -0.2) is 4.98 Å². The third-order valence-electron chi connectivity index (χ3n) is 1.43. The summed E-state index contributed by atoms with van der Waals surface area (Å²) in [5.41, 5.74) is 0.994. The molecule has 54 valence electrons. The molecule has 0 fully saturated rings. The van der Waals surface area contributed by atoms with E-state index in [2.05, 4.69) is 10.3 Å². The van der Waals surface area contributed by atoms with Crippen LogP contribution in [0, 0.1) is 0 Å². The van der Waals surface area contributed by atoms with Crippen LogP contribution in [-0.4, -0.2) is 18.1 Å². The average Bonchev–Trinajstić information content (AvgIpc) is 2.05. The number of nitrogens with one attached hydrogen (secondary N) is 1. The largest absolute Gasteiger partial charge is 0.474 e. The van der Waals surface area contributed by atoms with E-state index in [1.54, 1.807) is 6.20 Å². The van der Waals surface area contributed by atoms with Crippen molar-refractivity contribution in [2.75, 3.05) is 18.5 Å². The molecular weight excluding hydrogens is 128 g/mol. The summed E-state index contributed by atoms with van der Waals surface area (Å²) in [4.78, 5) is 4.03. The van der Waals surface area contributed by atoms with Crippen LogP contribution in [0.4, 0.5) is 5.69 Å². The number of anilines is 1. The fourth-order valence-electron chi connectivity index (χ4n) is 0.974. The number of ether oxygens (including phenoxy) is 1. The second-order valence-corrected chi connectivity index (χ2v) is 2.13. The van der Waals surface area contributed by atoms with E-state index in [9.17, 15) is 0 Å². The van der Waals surface area contributed by atoms with Gasteiger partial charge in [0.05, 0.1) is 5.69 Å². The van der Waals surface area contributed by atoms with Crippen molar-refractivity contribution in [1.29, 1.82) is 0 Å². The lowest BCUT2D eigenvalue weighted by molar-refractivity contribution is 0.310. The Morgan fingerprint density at radius 2 is 2.70 bits per heavy atom. The Balaban J connectivity index is 0.000000605. The molecule has 1 aromatic heterocycles. The van der Waals surface area contributed by atoms with Crippen LogP contribution in [0.2, 0.25) is 0 Å². The van der Waals surface area contributed by atoms with E-state index in [0.29, 0.717) is 12.5 Å². The molecule has 0 saturated heterocycles. The first-order valence-electron chi connectivity index (χ1n) is 3.28. The number of nitrogens with zero attached hydrogens (tertiary/aromatic N) is 1. The van der Waals surface area contributed by atoms with E-state index >= 15 is 0 Å². The number of aromatic nitrogens is 1. The van der Waals surface area contributed by atoms with Crippen LogP contribution >= 0.6 is 0 Å². The topological polar surface area (TPSA) is 34.2 Å². The molecular formula is C7H10N2O. The highest BCUT2D eigenvalue weighted by Crippen LogP contribution is 2.22. The summed E-state index contributed by atoms with van der Waals surface area (Å²) in [6.45, 7) is 1.59. The van der Waals surface area contributed by atoms with Gasteiger partial charge in [0.25, 0.3) is 0 Å². The lowest BCUT2D eigenvalue weighted by Crippen LogP contribution is -2.18. The molecule has 0 radical (unpaired) electrons. The van der Waals surface area contributed by atoms with Crippen LogP contribution in [0.3, 0.4) is 0 Å². The highest BCUT2D eigenvalue weighted by Gasteiger charge is 2.07. The van der Waals surface area contributed by atoms with E-state index in [4.69, 9.17) is 4.74 Å². The van der Waals surface area contributed by atoms with Crippen molar-refractivity contribution >= 4 is 5.69 Å². The Hall–Kier alpha value is -1.25. The molecule has 0 aromatic carbocycles. The Morgan fingerprint density at radius 3 is 3.60 bits per heavy atom. The fourth-order valence-corrected chi connectivity index (χ4v) is 0.974. The summed E-state index contributed by atoms with van der Waals surface area (Å²) in [5, 5.41) is 3.18. The van der Waals surface area contributed by atoms with Crippen molar-refractivity contribution in [2.24, 2.45) is 0 Å². The lowest BCUT2D eigenvalue weighted by atomic mass is 10.4. The zero-order chi connectivity index (χ0) is 6.81. The first-order chi connectivity index (χ1) is 4.97. The van der Waals surface area contributed by atoms with Crippen molar-refractivity contribution < 1.29 is 6.16 Å². The van der Waals surface area contributed by atoms with Gasteiger partial charge in [0.15, 0.2) is 0 Å². The van der Waals surface area contributed by atoms with E-state index in [-0.39, 0.29) is 1.43 Å². The van der Waals surface area contributed by atoms with Crippen molar-refractivity contribution in [1.82, 2.24) is 4.98 Å². The molecule has 2 heterocycles. The highest BCUT2D eigenvalue weighted by atomic mass is 16.5. The van der Waals surface area contributed by atoms with Gasteiger partial charge in [-0.3, -0.25) is 0 Å². The number of fused-ring (bicyclic) bond motifs is 1. The van der Waals surface area contributed by atoms with Crippen LogP contribution in [0.15, 0.2) is 18.3 Å². The van der Waals surface area contributed by atoms with Crippen LogP contribution in [0.25, 0.3) is 0 Å². The van der Waals surface area contributed by atoms with E-state index < -0.39 is 0 Å². The Morgan fingerprint density at radius 1 is 1.70 bits per heavy atom. The lowest BCUT2D eigenvalue weighted by Gasteiger charge is -2.16. The highest BCUT2D eigenvalue weighted by molar-refractivity contribution is 5.53. The number of hydrogen-bond donors (Lipinski definition) is 1. The zero-order valence-corrected chi connectivity index (χ0v) is 5.50. The standard InChI is InChI=1S/C7H8N2O.H2/c1-2-6-7(9-3-1)10-5-4-8-6;/h1-3,8H,4-5H2;1H. The van der Waals surface area contributed by atoms with Gasteiger partial charge in [-0.1, -0.05) is 0 Å². The van der Waals surface area contributed by atoms with Crippen LogP contribution in [0.5, 0.6) is 5.88 Å². The van der Waals surface area contributed by atoms with Gasteiger partial charge < -0.3 is 10.1 Å². The van der Waals surface area contributed by atoms with Crippen LogP contribution in [-0.2, 0) is 0 Å². The Bertz CT molecular complexity index is 217. The predicted octanol–water partition coefficient (Wildman–Crippen LogP) is 1.13. The van der Waals surface area contributed by atoms with Gasteiger partial charge in [-0.2, -0.15) is 0 Å². The second-order valence-electron chi connectivity index (χ2n) is 2.13. The van der Waals surface area contributed by atoms with Gasteiger partial charge in [-0.15, -0.1) is 0 Å². The molecule has 2 rings (SSSR count). The molecule has 0 bridgehead atoms. The molecule has 0 aliphatic carbocycles. The summed E-state index contributed by atoms with van der Waals surface area (Å²) in [6, 6.07) is 3.85. The van der Waals surface area contributed by atoms with Crippen molar-refractivity contribution in [3.63, 3.8) is 0 Å². The van der Waals surface area contributed by atoms with E-state index in [1.165, 1.54) is 0 Å². The monoisotopic (exact) mass is 138 g/mol. The molecule has 3 nitrogen and oxygen atoms in total. The van der Waals surface area contributed by atoms with Crippen molar-refractivity contribution in [3.05, 3.63) is 18.3 Å². The van der Waals surface area contributed by atoms with E-state index in [1.807, 2.05) is 12.1 Å². The number of pyridine rings is 1. The molecule has 0 saturated carbocycles. The van der Waals surface area contributed by atoms with Crippen molar-refractivity contribution in [2.45, 2.75) is 0 Å². The minimum Gasteiger partial charge on any atom is -0.474 e. The quantitative estimate of drug-likeness (QED) is 0.583. The summed E-state index contributed by atoms with van der Waals surface area (Å²) in [6.07, 6.45) is 1.73. The van der Waals surface area contributed by atoms with Crippen LogP contribution < -0.4 is 10.1 Å². The van der Waals surface area contributed by atoms with Crippen LogP contribution in [0.1, 0.15) is 1.43 Å². The van der Waals surface area contributed by atoms with Gasteiger partial charge in [-0.05, 0) is 12.1 Å². The minimum atomic E-state index is 0. The Kier molecular flexibility index (Phi) is 1.20. The van der Waals surface area contributed by atoms with Crippen molar-refractivity contribution in [3.8, 4) is 5.88 Å². The second kappa shape index (κ2) is 2.17. The summed E-state index contributed by atoms with van der Waals surface area (Å²) in [7, 11) is 0. The SMILES string of the molecule is [HH].c1cnc2c(c1)NCCO2. The maximum absolute atomic E-state index is 5.25. The maximum Gasteiger partial charge on any atom is 0.237 e. The molecule has 10 heavy (non-hydrogen) atoms. The van der Waals surface area contributed by atoms with Gasteiger partial charge >= 0.3 is 0 Å². The van der Waals surface area contributed by atoms with Gasteiger partial charge in [0, 0.05) is 14.2 Å². The molecule has 1 aromatic rings. The van der Waals surface area contributed by atoms with Gasteiger partial charge in [0.1, 0.15) is 6.61 Å². The summed E-state index contributed by atoms with van der Waals surface area (Å²) in [5.74, 6) is 0.716. The molecule has 0 spiro atoms. The minimum absolute atomic E-state index is 0. The average molecular weight is 138 g/mol. The molecule has 0 amide bonds. The third-order valence-corrected chi connectivity index (χ3v) is 1.43. The first kappa shape index (κ1) is 5.53. The molecule has 1 aliphatic rings. The first-order valence-corrected chi connectivity index (χ1v) is 3.28. The van der Waals surface area contributed by atoms with Gasteiger partial charge in [0.2, 0.25) is 5.88 Å². The summed E-state index contributed by atoms with van der Waals surface area (Å²) < 4.78 is 5.25. The summed E-state index contributed by atoms with van der Waals surface area (Å²) >= 11 is 0. The molecule has 0 atom stereocenters. The normalized spacial score (nSPS) is 14.8. The number of rotatable bonds is 0. The van der Waals surface area contributed by atoms with E-state index in [0.717, 1.165) is 12.2 Å². The zero-order valence-electron chi connectivity index (χ0n) is 5.50. The number of hydrogen-bond acceptors (Lipinski definition) is 3.